The summed E-state index contributed by atoms with van der Waals surface area (Å²) in [6, 6.07) is 11.5. The van der Waals surface area contributed by atoms with Crippen LogP contribution in [0.15, 0.2) is 36.4 Å². The molecule has 0 amide bonds. The Morgan fingerprint density at radius 1 is 0.900 bits per heavy atom. The van der Waals surface area contributed by atoms with Crippen LogP contribution < -0.4 is 11.5 Å². The number of rotatable bonds is 1. The van der Waals surface area contributed by atoms with Crippen LogP contribution in [0, 0.1) is 3.57 Å². The number of nitrogen functional groups attached to an aromatic ring is 2. The van der Waals surface area contributed by atoms with Gasteiger partial charge in [-0.25, -0.2) is 0 Å². The summed E-state index contributed by atoms with van der Waals surface area (Å²) in [6.45, 7) is 0. The highest BCUT2D eigenvalue weighted by atomic mass is 127. The molecule has 0 heterocycles. The fourth-order valence-electron chi connectivity index (χ4n) is 1.72. The zero-order chi connectivity index (χ0) is 14.7. The van der Waals surface area contributed by atoms with E-state index in [2.05, 4.69) is 28.7 Å². The first kappa shape index (κ1) is 15.7. The Morgan fingerprint density at radius 2 is 1.45 bits per heavy atom. The molecular formula is C15H15Cl2IN2. The van der Waals surface area contributed by atoms with Crippen molar-refractivity contribution in [2.24, 2.45) is 0 Å². The van der Waals surface area contributed by atoms with E-state index in [1.807, 2.05) is 24.3 Å². The smallest absolute Gasteiger partial charge is 0.0645 e. The Labute approximate surface area is 142 Å². The maximum atomic E-state index is 5.86. The quantitative estimate of drug-likeness (QED) is 0.484. The van der Waals surface area contributed by atoms with Gasteiger partial charge in [-0.2, -0.15) is 0 Å². The monoisotopic (exact) mass is 420 g/mol. The molecule has 2 aromatic rings. The lowest BCUT2D eigenvalue weighted by Crippen LogP contribution is -1.87. The molecule has 1 saturated carbocycles. The average molecular weight is 421 g/mol. The van der Waals surface area contributed by atoms with Crippen molar-refractivity contribution in [1.29, 1.82) is 0 Å². The van der Waals surface area contributed by atoms with Crippen LogP contribution in [0.3, 0.4) is 0 Å². The van der Waals surface area contributed by atoms with Crippen LogP contribution in [-0.4, -0.2) is 0 Å². The van der Waals surface area contributed by atoms with Gasteiger partial charge in [0.05, 0.1) is 21.4 Å². The van der Waals surface area contributed by atoms with Crippen molar-refractivity contribution < 1.29 is 0 Å². The highest BCUT2D eigenvalue weighted by molar-refractivity contribution is 14.1. The normalized spacial score (nSPS) is 13.6. The minimum atomic E-state index is 0.627. The summed E-state index contributed by atoms with van der Waals surface area (Å²) in [7, 11) is 0. The van der Waals surface area contributed by atoms with Gasteiger partial charge < -0.3 is 11.5 Å². The summed E-state index contributed by atoms with van der Waals surface area (Å²) < 4.78 is 1.10. The fraction of sp³-hybridized carbons (Fsp3) is 0.200. The Hall–Kier alpha value is -0.650. The standard InChI is InChI=1S/C9H10ClN.C6H5ClIN/c10-8-5-7(6-1-2-6)3-4-9(8)11;7-5-3-4(8)1-2-6(5)9/h3-6H,1-2,11H2;1-3H,9H2. The van der Waals surface area contributed by atoms with Gasteiger partial charge in [-0.05, 0) is 77.2 Å². The summed E-state index contributed by atoms with van der Waals surface area (Å²) in [6.07, 6.45) is 2.61. The maximum absolute atomic E-state index is 5.86. The van der Waals surface area contributed by atoms with Gasteiger partial charge in [0.1, 0.15) is 0 Å². The van der Waals surface area contributed by atoms with E-state index in [-0.39, 0.29) is 0 Å². The van der Waals surface area contributed by atoms with Gasteiger partial charge in [-0.15, -0.1) is 0 Å². The van der Waals surface area contributed by atoms with E-state index in [0.717, 1.165) is 9.49 Å². The predicted molar refractivity (Wildman–Crippen MR) is 96.4 cm³/mol. The fourth-order valence-corrected chi connectivity index (χ4v) is 2.76. The number of benzene rings is 2. The molecule has 0 unspecified atom stereocenters. The molecule has 1 fully saturated rings. The first-order chi connectivity index (χ1) is 9.47. The molecule has 0 aromatic heterocycles. The van der Waals surface area contributed by atoms with Crippen LogP contribution in [0.4, 0.5) is 11.4 Å². The molecular weight excluding hydrogens is 406 g/mol. The van der Waals surface area contributed by atoms with E-state index in [1.54, 1.807) is 6.07 Å². The Bertz CT molecular complexity index is 613. The molecule has 106 valence electrons. The first-order valence-electron chi connectivity index (χ1n) is 6.23. The van der Waals surface area contributed by atoms with Crippen LogP contribution in [0.2, 0.25) is 10.0 Å². The highest BCUT2D eigenvalue weighted by Gasteiger charge is 2.23. The molecule has 0 aliphatic heterocycles. The summed E-state index contributed by atoms with van der Waals surface area (Å²) in [4.78, 5) is 0. The van der Waals surface area contributed by atoms with Gasteiger partial charge in [-0.1, -0.05) is 29.3 Å². The second-order valence-electron chi connectivity index (χ2n) is 4.72. The summed E-state index contributed by atoms with van der Waals surface area (Å²) in [5.41, 5.74) is 13.7. The Morgan fingerprint density at radius 3 is 1.90 bits per heavy atom. The van der Waals surface area contributed by atoms with Crippen molar-refractivity contribution in [3.8, 4) is 0 Å². The van der Waals surface area contributed by atoms with Crippen LogP contribution >= 0.6 is 45.8 Å². The Balaban J connectivity index is 0.000000151. The number of nitrogens with two attached hydrogens (primary N) is 2. The van der Waals surface area contributed by atoms with Crippen LogP contribution in [0.1, 0.15) is 24.3 Å². The van der Waals surface area contributed by atoms with Gasteiger partial charge >= 0.3 is 0 Å². The van der Waals surface area contributed by atoms with Crippen molar-refractivity contribution in [2.75, 3.05) is 11.5 Å². The van der Waals surface area contributed by atoms with E-state index in [4.69, 9.17) is 34.7 Å². The topological polar surface area (TPSA) is 52.0 Å². The predicted octanol–water partition coefficient (Wildman–Crippen LogP) is 5.33. The summed E-state index contributed by atoms with van der Waals surface area (Å²) >= 11 is 13.7. The molecule has 0 atom stereocenters. The molecule has 2 aromatic carbocycles. The minimum Gasteiger partial charge on any atom is -0.398 e. The SMILES string of the molecule is Nc1ccc(C2CC2)cc1Cl.Nc1ccc(I)cc1Cl. The third-order valence-electron chi connectivity index (χ3n) is 3.04. The van der Waals surface area contributed by atoms with Crippen molar-refractivity contribution >= 4 is 57.2 Å². The van der Waals surface area contributed by atoms with E-state index in [9.17, 15) is 0 Å². The number of hydrogen-bond acceptors (Lipinski definition) is 2. The molecule has 5 heteroatoms. The lowest BCUT2D eigenvalue weighted by molar-refractivity contribution is 1.13. The molecule has 1 aliphatic carbocycles. The van der Waals surface area contributed by atoms with Crippen LogP contribution in [0.5, 0.6) is 0 Å². The van der Waals surface area contributed by atoms with E-state index in [0.29, 0.717) is 21.4 Å². The third-order valence-corrected chi connectivity index (χ3v) is 4.36. The Kier molecular flexibility index (Phi) is 5.41. The van der Waals surface area contributed by atoms with Crippen LogP contribution in [0.25, 0.3) is 0 Å². The van der Waals surface area contributed by atoms with Gasteiger partial charge in [0.25, 0.3) is 0 Å². The first-order valence-corrected chi connectivity index (χ1v) is 8.06. The van der Waals surface area contributed by atoms with Gasteiger partial charge in [-0.3, -0.25) is 0 Å². The van der Waals surface area contributed by atoms with Crippen LogP contribution in [-0.2, 0) is 0 Å². The minimum absolute atomic E-state index is 0.627. The van der Waals surface area contributed by atoms with Gasteiger partial charge in [0.15, 0.2) is 0 Å². The molecule has 4 N–H and O–H groups in total. The van der Waals surface area contributed by atoms with E-state index in [1.165, 1.54) is 18.4 Å². The van der Waals surface area contributed by atoms with Crippen molar-refractivity contribution in [2.45, 2.75) is 18.8 Å². The molecule has 0 radical (unpaired) electrons. The van der Waals surface area contributed by atoms with Gasteiger partial charge in [0.2, 0.25) is 0 Å². The molecule has 20 heavy (non-hydrogen) atoms. The number of anilines is 2. The average Bonchev–Trinajstić information content (AvgIpc) is 3.23. The molecule has 0 spiro atoms. The zero-order valence-electron chi connectivity index (χ0n) is 10.7. The summed E-state index contributed by atoms with van der Waals surface area (Å²) in [5.74, 6) is 0.757. The number of hydrogen-bond donors (Lipinski definition) is 2. The molecule has 0 saturated heterocycles. The maximum Gasteiger partial charge on any atom is 0.0645 e. The summed E-state index contributed by atoms with van der Waals surface area (Å²) in [5, 5.41) is 1.32. The van der Waals surface area contributed by atoms with Gasteiger partial charge in [0, 0.05) is 3.57 Å². The third kappa shape index (κ3) is 4.43. The zero-order valence-corrected chi connectivity index (χ0v) is 14.4. The second-order valence-corrected chi connectivity index (χ2v) is 6.78. The van der Waals surface area contributed by atoms with Crippen molar-refractivity contribution in [3.05, 3.63) is 55.6 Å². The molecule has 0 bridgehead atoms. The van der Waals surface area contributed by atoms with Crippen molar-refractivity contribution in [3.63, 3.8) is 0 Å². The molecule has 1 aliphatic rings. The lowest BCUT2D eigenvalue weighted by atomic mass is 10.1. The highest BCUT2D eigenvalue weighted by Crippen LogP contribution is 2.41. The lowest BCUT2D eigenvalue weighted by Gasteiger charge is -2.00. The van der Waals surface area contributed by atoms with E-state index >= 15 is 0 Å². The number of halogens is 3. The molecule has 2 nitrogen and oxygen atoms in total. The van der Waals surface area contributed by atoms with Crippen molar-refractivity contribution in [1.82, 2.24) is 0 Å². The largest absolute Gasteiger partial charge is 0.398 e. The van der Waals surface area contributed by atoms with E-state index < -0.39 is 0 Å². The second kappa shape index (κ2) is 6.87. The molecule has 3 rings (SSSR count).